The van der Waals surface area contributed by atoms with Crippen molar-refractivity contribution in [1.82, 2.24) is 15.4 Å². The Labute approximate surface area is 193 Å². The zero-order valence-electron chi connectivity index (χ0n) is 18.9. The Bertz CT molecular complexity index is 1080. The number of aromatic nitrogens is 1. The van der Waals surface area contributed by atoms with Crippen LogP contribution in [-0.2, 0) is 9.59 Å². The number of allylic oxidation sites excluding steroid dienone is 1. The zero-order chi connectivity index (χ0) is 24.0. The minimum atomic E-state index is -0.653. The number of carbonyl (C=O) groups is 3. The van der Waals surface area contributed by atoms with E-state index in [0.29, 0.717) is 30.0 Å². The Morgan fingerprint density at radius 1 is 1.00 bits per heavy atom. The molecule has 2 N–H and O–H groups in total. The first-order valence-electron chi connectivity index (χ1n) is 10.7. The van der Waals surface area contributed by atoms with E-state index in [0.717, 1.165) is 11.8 Å². The highest BCUT2D eigenvalue weighted by atomic mass is 16.5. The van der Waals surface area contributed by atoms with Crippen molar-refractivity contribution in [2.24, 2.45) is 0 Å². The van der Waals surface area contributed by atoms with E-state index in [2.05, 4.69) is 9.88 Å². The number of rotatable bonds is 6. The van der Waals surface area contributed by atoms with E-state index in [4.69, 9.17) is 5.21 Å². The van der Waals surface area contributed by atoms with Gasteiger partial charge in [-0.25, -0.2) is 10.5 Å². The lowest BCUT2D eigenvalue weighted by Crippen LogP contribution is -2.58. The highest BCUT2D eigenvalue weighted by Gasteiger charge is 2.31. The first-order valence-corrected chi connectivity index (χ1v) is 10.7. The molecule has 2 atom stereocenters. The van der Waals surface area contributed by atoms with Crippen molar-refractivity contribution < 1.29 is 19.6 Å². The predicted molar refractivity (Wildman–Crippen MR) is 127 cm³/mol. The summed E-state index contributed by atoms with van der Waals surface area (Å²) in [6.07, 6.45) is 5.70. The van der Waals surface area contributed by atoms with Crippen molar-refractivity contribution in [3.8, 4) is 0 Å². The molecule has 1 aromatic heterocycles. The van der Waals surface area contributed by atoms with E-state index in [1.165, 1.54) is 17.6 Å². The van der Waals surface area contributed by atoms with Crippen molar-refractivity contribution >= 4 is 35.4 Å². The second-order valence-corrected chi connectivity index (χ2v) is 8.07. The van der Waals surface area contributed by atoms with Crippen LogP contribution in [0.5, 0.6) is 0 Å². The molecule has 0 saturated carbocycles. The zero-order valence-corrected chi connectivity index (χ0v) is 18.9. The number of benzene rings is 1. The van der Waals surface area contributed by atoms with Crippen LogP contribution in [0.1, 0.15) is 42.5 Å². The number of ketones is 1. The molecule has 172 valence electrons. The van der Waals surface area contributed by atoms with Crippen LogP contribution < -0.4 is 10.4 Å². The smallest absolute Gasteiger partial charge is 0.267 e. The number of anilines is 1. The van der Waals surface area contributed by atoms with Crippen LogP contribution in [0.4, 0.5) is 5.69 Å². The van der Waals surface area contributed by atoms with Crippen molar-refractivity contribution in [1.29, 1.82) is 0 Å². The van der Waals surface area contributed by atoms with Crippen LogP contribution in [-0.4, -0.2) is 57.9 Å². The van der Waals surface area contributed by atoms with Gasteiger partial charge in [0.1, 0.15) is 0 Å². The Morgan fingerprint density at radius 3 is 2.21 bits per heavy atom. The first-order chi connectivity index (χ1) is 15.8. The number of nitrogens with zero attached hydrogens (tertiary/aromatic N) is 3. The number of carbonyl (C=O) groups excluding carboxylic acids is 3. The number of hydrogen-bond donors (Lipinski definition) is 2. The Morgan fingerprint density at radius 2 is 1.61 bits per heavy atom. The fourth-order valence-corrected chi connectivity index (χ4v) is 4.12. The van der Waals surface area contributed by atoms with E-state index in [9.17, 15) is 14.4 Å². The SMILES string of the molecule is CC(=O)N1[C@H](C)CN(c2cccc(C(=O)/C=C/c3cccc(/C=C/C(=O)NO)n3)c2)C[C@@H]1C. The number of nitrogens with one attached hydrogen (secondary N) is 1. The number of amides is 2. The summed E-state index contributed by atoms with van der Waals surface area (Å²) >= 11 is 0. The highest BCUT2D eigenvalue weighted by molar-refractivity contribution is 6.07. The number of pyridine rings is 1. The summed E-state index contributed by atoms with van der Waals surface area (Å²) in [6.45, 7) is 7.08. The molecule has 2 amide bonds. The molecule has 2 aromatic rings. The van der Waals surface area contributed by atoms with Gasteiger partial charge in [0.2, 0.25) is 5.91 Å². The second kappa shape index (κ2) is 10.7. The summed E-state index contributed by atoms with van der Waals surface area (Å²) in [7, 11) is 0. The molecule has 1 aliphatic rings. The Hall–Kier alpha value is -3.78. The molecule has 8 nitrogen and oxygen atoms in total. The van der Waals surface area contributed by atoms with Crippen LogP contribution in [0.15, 0.2) is 54.6 Å². The molecular formula is C25H28N4O4. The molecule has 0 bridgehead atoms. The maximum Gasteiger partial charge on any atom is 0.267 e. The molecule has 0 spiro atoms. The molecule has 3 rings (SSSR count). The van der Waals surface area contributed by atoms with Crippen LogP contribution in [0.2, 0.25) is 0 Å². The molecule has 0 aliphatic carbocycles. The van der Waals surface area contributed by atoms with Gasteiger partial charge in [-0.2, -0.15) is 0 Å². The Kier molecular flexibility index (Phi) is 7.74. The van der Waals surface area contributed by atoms with E-state index in [-0.39, 0.29) is 23.8 Å². The summed E-state index contributed by atoms with van der Waals surface area (Å²) in [4.78, 5) is 44.3. The Balaban J connectivity index is 1.72. The van der Waals surface area contributed by atoms with Crippen molar-refractivity contribution in [2.45, 2.75) is 32.9 Å². The number of piperazine rings is 1. The van der Waals surface area contributed by atoms with E-state index >= 15 is 0 Å². The van der Waals surface area contributed by atoms with Gasteiger partial charge >= 0.3 is 0 Å². The summed E-state index contributed by atoms with van der Waals surface area (Å²) in [5.41, 5.74) is 4.11. The van der Waals surface area contributed by atoms with Crippen LogP contribution in [0.3, 0.4) is 0 Å². The topological polar surface area (TPSA) is 103 Å². The number of hydroxylamine groups is 1. The monoisotopic (exact) mass is 448 g/mol. The molecule has 1 saturated heterocycles. The lowest BCUT2D eigenvalue weighted by molar-refractivity contribution is -0.133. The second-order valence-electron chi connectivity index (χ2n) is 8.07. The van der Waals surface area contributed by atoms with Gasteiger partial charge in [-0.1, -0.05) is 18.2 Å². The third-order valence-corrected chi connectivity index (χ3v) is 5.49. The van der Waals surface area contributed by atoms with E-state index in [1.54, 1.807) is 37.3 Å². The minimum absolute atomic E-state index is 0.0774. The molecule has 1 aliphatic heterocycles. The average Bonchev–Trinajstić information content (AvgIpc) is 2.80. The predicted octanol–water partition coefficient (Wildman–Crippen LogP) is 2.94. The fourth-order valence-electron chi connectivity index (χ4n) is 4.12. The van der Waals surface area contributed by atoms with Gasteiger partial charge < -0.3 is 9.80 Å². The van der Waals surface area contributed by atoms with Gasteiger partial charge in [-0.3, -0.25) is 19.6 Å². The first kappa shape index (κ1) is 23.9. The number of hydrogen-bond acceptors (Lipinski definition) is 6. The van der Waals surface area contributed by atoms with Gasteiger partial charge in [0.25, 0.3) is 5.91 Å². The molecule has 8 heteroatoms. The van der Waals surface area contributed by atoms with Gasteiger partial charge in [0.15, 0.2) is 5.78 Å². The molecule has 0 unspecified atom stereocenters. The van der Waals surface area contributed by atoms with Gasteiger partial charge in [-0.15, -0.1) is 0 Å². The van der Waals surface area contributed by atoms with Gasteiger partial charge in [0.05, 0.1) is 11.4 Å². The fraction of sp³-hybridized carbons (Fsp3) is 0.280. The molecule has 1 aromatic carbocycles. The average molecular weight is 449 g/mol. The third kappa shape index (κ3) is 6.14. The lowest BCUT2D eigenvalue weighted by atomic mass is 10.0. The third-order valence-electron chi connectivity index (χ3n) is 5.49. The summed E-state index contributed by atoms with van der Waals surface area (Å²) in [6, 6.07) is 12.9. The maximum atomic E-state index is 12.8. The summed E-state index contributed by atoms with van der Waals surface area (Å²) in [5.74, 6) is -0.726. The van der Waals surface area contributed by atoms with Crippen molar-refractivity contribution in [3.63, 3.8) is 0 Å². The summed E-state index contributed by atoms with van der Waals surface area (Å²) in [5, 5.41) is 8.54. The standard InChI is InChI=1S/C25H28N4O4/c1-17-15-28(16-18(2)29(17)19(3)30)23-9-4-6-20(14-23)24(31)12-10-21-7-5-8-22(26-21)11-13-25(32)27-33/h4-14,17-18,33H,15-16H2,1-3H3,(H,27,32)/b12-10+,13-11+/t17-,18+. The van der Waals surface area contributed by atoms with Crippen LogP contribution in [0, 0.1) is 0 Å². The minimum Gasteiger partial charge on any atom is -0.367 e. The largest absolute Gasteiger partial charge is 0.367 e. The molecule has 2 heterocycles. The van der Waals surface area contributed by atoms with Gasteiger partial charge in [0, 0.05) is 49.4 Å². The molecule has 1 fully saturated rings. The van der Waals surface area contributed by atoms with Gasteiger partial charge in [-0.05, 0) is 56.3 Å². The summed E-state index contributed by atoms with van der Waals surface area (Å²) < 4.78 is 0. The lowest BCUT2D eigenvalue weighted by Gasteiger charge is -2.45. The molecule has 0 radical (unpaired) electrons. The normalized spacial score (nSPS) is 18.7. The van der Waals surface area contributed by atoms with Crippen molar-refractivity contribution in [2.75, 3.05) is 18.0 Å². The van der Waals surface area contributed by atoms with Crippen LogP contribution in [0.25, 0.3) is 12.2 Å². The van der Waals surface area contributed by atoms with E-state index < -0.39 is 5.91 Å². The molecule has 33 heavy (non-hydrogen) atoms. The van der Waals surface area contributed by atoms with Crippen molar-refractivity contribution in [3.05, 3.63) is 71.6 Å². The highest BCUT2D eigenvalue weighted by Crippen LogP contribution is 2.24. The molecular weight excluding hydrogens is 420 g/mol. The van der Waals surface area contributed by atoms with Crippen LogP contribution >= 0.6 is 0 Å². The quantitative estimate of drug-likeness (QED) is 0.305. The maximum absolute atomic E-state index is 12.8. The van der Waals surface area contributed by atoms with E-state index in [1.807, 2.05) is 36.9 Å².